The number of fused-ring (bicyclic) bond motifs is 1. The summed E-state index contributed by atoms with van der Waals surface area (Å²) in [4.78, 5) is 15.3. The molecule has 0 atom stereocenters. The number of hydrogen-bond acceptors (Lipinski definition) is 4. The Balaban J connectivity index is 2.29. The molecule has 0 aliphatic carbocycles. The predicted octanol–water partition coefficient (Wildman–Crippen LogP) is 3.56. The van der Waals surface area contributed by atoms with Crippen LogP contribution in [0.25, 0.3) is 17.0 Å². The van der Waals surface area contributed by atoms with Gasteiger partial charge in [0.05, 0.1) is 18.1 Å². The van der Waals surface area contributed by atoms with Gasteiger partial charge in [0.25, 0.3) is 0 Å². The highest BCUT2D eigenvalue weighted by Gasteiger charge is 2.09. The number of pyridine rings is 1. The summed E-state index contributed by atoms with van der Waals surface area (Å²) in [5, 5.41) is 11.3. The second-order valence-corrected chi connectivity index (χ2v) is 4.51. The zero-order chi connectivity index (χ0) is 14.5. The van der Waals surface area contributed by atoms with Gasteiger partial charge >= 0.3 is 5.97 Å². The van der Waals surface area contributed by atoms with Gasteiger partial charge in [-0.2, -0.15) is 0 Å². The summed E-state index contributed by atoms with van der Waals surface area (Å²) >= 11 is 6.15. The van der Waals surface area contributed by atoms with E-state index in [1.165, 1.54) is 0 Å². The monoisotopic (exact) mass is 291 g/mol. The predicted molar refractivity (Wildman–Crippen MR) is 78.7 cm³/mol. The number of carbonyl (C=O) groups is 1. The van der Waals surface area contributed by atoms with Crippen LogP contribution in [-0.4, -0.2) is 22.7 Å². The second-order valence-electron chi connectivity index (χ2n) is 4.11. The maximum atomic E-state index is 11.2. The number of hydrogen-bond donors (Lipinski definition) is 1. The first kappa shape index (κ1) is 14.3. The van der Waals surface area contributed by atoms with Crippen molar-refractivity contribution in [2.75, 3.05) is 6.61 Å². The van der Waals surface area contributed by atoms with Gasteiger partial charge in [0, 0.05) is 17.1 Å². The number of nitrogens with zero attached hydrogens (tertiary/aromatic N) is 1. The van der Waals surface area contributed by atoms with Crippen molar-refractivity contribution >= 4 is 34.5 Å². The van der Waals surface area contributed by atoms with E-state index in [-0.39, 0.29) is 18.1 Å². The highest BCUT2D eigenvalue weighted by atomic mass is 35.5. The van der Waals surface area contributed by atoms with E-state index in [4.69, 9.17) is 16.3 Å². The first-order valence-electron chi connectivity index (χ1n) is 6.21. The van der Waals surface area contributed by atoms with Gasteiger partial charge in [0.2, 0.25) is 0 Å². The molecule has 0 saturated heterocycles. The van der Waals surface area contributed by atoms with Gasteiger partial charge in [0.15, 0.2) is 0 Å². The summed E-state index contributed by atoms with van der Waals surface area (Å²) in [6.45, 7) is 2.10. The number of esters is 1. The SMILES string of the molecule is CCOC(=O)CC=Cc1cc(Cl)c2cccnc2c1O. The van der Waals surface area contributed by atoms with Crippen LogP contribution in [0.2, 0.25) is 5.02 Å². The summed E-state index contributed by atoms with van der Waals surface area (Å²) in [7, 11) is 0. The Labute approximate surface area is 121 Å². The lowest BCUT2D eigenvalue weighted by Crippen LogP contribution is -2.01. The molecule has 1 aromatic carbocycles. The van der Waals surface area contributed by atoms with Crippen molar-refractivity contribution in [1.82, 2.24) is 4.98 Å². The molecular weight excluding hydrogens is 278 g/mol. The molecule has 0 amide bonds. The molecule has 1 aromatic heterocycles. The minimum atomic E-state index is -0.312. The van der Waals surface area contributed by atoms with Crippen LogP contribution in [-0.2, 0) is 9.53 Å². The molecule has 0 aliphatic heterocycles. The average Bonchev–Trinajstić information content (AvgIpc) is 2.44. The van der Waals surface area contributed by atoms with Crippen LogP contribution in [0.1, 0.15) is 18.9 Å². The van der Waals surface area contributed by atoms with E-state index >= 15 is 0 Å². The van der Waals surface area contributed by atoms with Gasteiger partial charge in [-0.15, -0.1) is 0 Å². The van der Waals surface area contributed by atoms with Crippen LogP contribution in [0.15, 0.2) is 30.5 Å². The normalized spacial score (nSPS) is 11.1. The first-order chi connectivity index (χ1) is 9.63. The molecule has 0 spiro atoms. The largest absolute Gasteiger partial charge is 0.505 e. The highest BCUT2D eigenvalue weighted by Crippen LogP contribution is 2.33. The van der Waals surface area contributed by atoms with Gasteiger partial charge in [-0.05, 0) is 25.1 Å². The number of halogens is 1. The van der Waals surface area contributed by atoms with Gasteiger partial charge in [-0.25, -0.2) is 0 Å². The van der Waals surface area contributed by atoms with Crippen molar-refractivity contribution in [2.24, 2.45) is 0 Å². The fraction of sp³-hybridized carbons (Fsp3) is 0.200. The molecule has 0 fully saturated rings. The molecule has 0 aliphatic rings. The minimum Gasteiger partial charge on any atom is -0.505 e. The van der Waals surface area contributed by atoms with Crippen LogP contribution in [0.3, 0.4) is 0 Å². The van der Waals surface area contributed by atoms with E-state index < -0.39 is 0 Å². The lowest BCUT2D eigenvalue weighted by Gasteiger charge is -2.06. The smallest absolute Gasteiger partial charge is 0.309 e. The van der Waals surface area contributed by atoms with Gasteiger partial charge in [-0.3, -0.25) is 9.78 Å². The molecule has 4 nitrogen and oxygen atoms in total. The summed E-state index contributed by atoms with van der Waals surface area (Å²) in [5.41, 5.74) is 0.960. The number of phenolic OH excluding ortho intramolecular Hbond substituents is 1. The zero-order valence-electron chi connectivity index (χ0n) is 11.0. The van der Waals surface area contributed by atoms with Gasteiger partial charge in [0.1, 0.15) is 11.3 Å². The molecule has 0 unspecified atom stereocenters. The Morgan fingerprint density at radius 2 is 2.35 bits per heavy atom. The zero-order valence-corrected chi connectivity index (χ0v) is 11.7. The Bertz CT molecular complexity index is 667. The minimum absolute atomic E-state index is 0.0464. The quantitative estimate of drug-likeness (QED) is 0.875. The maximum Gasteiger partial charge on any atom is 0.309 e. The second kappa shape index (κ2) is 6.39. The molecule has 2 aromatic rings. The third kappa shape index (κ3) is 3.08. The fourth-order valence-electron chi connectivity index (χ4n) is 1.84. The number of aromatic hydroxyl groups is 1. The van der Waals surface area contributed by atoms with E-state index in [1.807, 2.05) is 0 Å². The maximum absolute atomic E-state index is 11.2. The molecule has 0 radical (unpaired) electrons. The molecule has 5 heteroatoms. The van der Waals surface area contributed by atoms with Crippen LogP contribution >= 0.6 is 11.6 Å². The van der Waals surface area contributed by atoms with Gasteiger partial charge < -0.3 is 9.84 Å². The number of rotatable bonds is 4. The lowest BCUT2D eigenvalue weighted by molar-refractivity contribution is -0.142. The standard InChI is InChI=1S/C15H14ClNO3/c1-2-20-13(18)7-3-5-10-9-12(16)11-6-4-8-17-14(11)15(10)19/h3-6,8-9,19H,2,7H2,1H3. The van der Waals surface area contributed by atoms with Crippen LogP contribution < -0.4 is 0 Å². The summed E-state index contributed by atoms with van der Waals surface area (Å²) in [6, 6.07) is 5.18. The molecule has 104 valence electrons. The van der Waals surface area contributed by atoms with Crippen molar-refractivity contribution in [3.63, 3.8) is 0 Å². The van der Waals surface area contributed by atoms with Crippen molar-refractivity contribution in [3.05, 3.63) is 41.1 Å². The summed E-state index contributed by atoms with van der Waals surface area (Å²) < 4.78 is 4.81. The first-order valence-corrected chi connectivity index (χ1v) is 6.59. The Morgan fingerprint density at radius 3 is 3.10 bits per heavy atom. The Morgan fingerprint density at radius 1 is 1.55 bits per heavy atom. The number of benzene rings is 1. The van der Waals surface area contributed by atoms with Crippen LogP contribution in [0.5, 0.6) is 5.75 Å². The van der Waals surface area contributed by atoms with E-state index in [0.29, 0.717) is 28.1 Å². The summed E-state index contributed by atoms with van der Waals surface area (Å²) in [6.07, 6.45) is 4.99. The van der Waals surface area contributed by atoms with Crippen molar-refractivity contribution in [1.29, 1.82) is 0 Å². The van der Waals surface area contributed by atoms with Gasteiger partial charge in [-0.1, -0.05) is 23.8 Å². The third-order valence-electron chi connectivity index (χ3n) is 2.73. The number of carbonyl (C=O) groups excluding carboxylic acids is 1. The molecular formula is C15H14ClNO3. The summed E-state index contributed by atoms with van der Waals surface area (Å²) in [5.74, 6) is -0.265. The molecule has 1 heterocycles. The van der Waals surface area contributed by atoms with E-state index in [1.54, 1.807) is 43.5 Å². The average molecular weight is 292 g/mol. The highest BCUT2D eigenvalue weighted by molar-refractivity contribution is 6.35. The molecule has 20 heavy (non-hydrogen) atoms. The van der Waals surface area contributed by atoms with E-state index in [9.17, 15) is 9.90 Å². The Kier molecular flexibility index (Phi) is 4.58. The Hall–Kier alpha value is -2.07. The topological polar surface area (TPSA) is 59.4 Å². The van der Waals surface area contributed by atoms with Crippen molar-refractivity contribution in [2.45, 2.75) is 13.3 Å². The number of phenols is 1. The fourth-order valence-corrected chi connectivity index (χ4v) is 2.11. The lowest BCUT2D eigenvalue weighted by atomic mass is 10.1. The van der Waals surface area contributed by atoms with Crippen LogP contribution in [0, 0.1) is 0 Å². The number of ether oxygens (including phenoxy) is 1. The molecule has 0 saturated carbocycles. The van der Waals surface area contributed by atoms with Crippen molar-refractivity contribution in [3.8, 4) is 5.75 Å². The van der Waals surface area contributed by atoms with E-state index in [0.717, 1.165) is 0 Å². The van der Waals surface area contributed by atoms with Crippen LogP contribution in [0.4, 0.5) is 0 Å². The molecule has 0 bridgehead atoms. The van der Waals surface area contributed by atoms with Crippen molar-refractivity contribution < 1.29 is 14.6 Å². The molecule has 2 rings (SSSR count). The molecule has 1 N–H and O–H groups in total. The number of aromatic nitrogens is 1. The third-order valence-corrected chi connectivity index (χ3v) is 3.04. The van der Waals surface area contributed by atoms with E-state index in [2.05, 4.69) is 4.98 Å².